The van der Waals surface area contributed by atoms with E-state index < -0.39 is 0 Å². The van der Waals surface area contributed by atoms with Crippen LogP contribution >= 0.6 is 23.2 Å². The highest BCUT2D eigenvalue weighted by molar-refractivity contribution is 6.40. The SMILES string of the molecule is C#C/C=C(Cl)\C(=C(/C)Cl)n1c(CN2CCN(CC)CC2)nc2ccccc2c1=O. The van der Waals surface area contributed by atoms with Gasteiger partial charge in [0.1, 0.15) is 5.82 Å². The Morgan fingerprint density at radius 3 is 2.48 bits per heavy atom. The number of hydrogen-bond donors (Lipinski definition) is 0. The van der Waals surface area contributed by atoms with Crippen LogP contribution in [0.15, 0.2) is 45.2 Å². The van der Waals surface area contributed by atoms with Gasteiger partial charge < -0.3 is 4.90 Å². The lowest BCUT2D eigenvalue weighted by atomic mass is 10.2. The van der Waals surface area contributed by atoms with Crippen LogP contribution in [0.3, 0.4) is 0 Å². The molecule has 29 heavy (non-hydrogen) atoms. The number of nitrogens with zero attached hydrogens (tertiary/aromatic N) is 4. The second kappa shape index (κ2) is 9.60. The molecule has 1 aromatic carbocycles. The lowest BCUT2D eigenvalue weighted by molar-refractivity contribution is 0.129. The van der Waals surface area contributed by atoms with E-state index in [1.165, 1.54) is 10.6 Å². The number of aromatic nitrogens is 2. The minimum absolute atomic E-state index is 0.212. The van der Waals surface area contributed by atoms with Gasteiger partial charge in [0.25, 0.3) is 5.56 Å². The second-order valence-electron chi connectivity index (χ2n) is 6.94. The van der Waals surface area contributed by atoms with Crippen LogP contribution in [-0.4, -0.2) is 52.1 Å². The predicted molar refractivity (Wildman–Crippen MR) is 121 cm³/mol. The van der Waals surface area contributed by atoms with Gasteiger partial charge in [0.05, 0.1) is 28.2 Å². The third-order valence-electron chi connectivity index (χ3n) is 5.11. The number of para-hydroxylation sites is 1. The van der Waals surface area contributed by atoms with E-state index in [2.05, 4.69) is 22.6 Å². The molecule has 0 bridgehead atoms. The summed E-state index contributed by atoms with van der Waals surface area (Å²) in [4.78, 5) is 22.9. The fourth-order valence-electron chi connectivity index (χ4n) is 3.55. The number of halogens is 2. The summed E-state index contributed by atoms with van der Waals surface area (Å²) in [5.41, 5.74) is 0.813. The maximum absolute atomic E-state index is 13.4. The van der Waals surface area contributed by atoms with Crippen LogP contribution < -0.4 is 5.56 Å². The molecule has 7 heteroatoms. The largest absolute Gasteiger partial charge is 0.301 e. The first-order valence-corrected chi connectivity index (χ1v) is 10.4. The molecule has 2 heterocycles. The molecular weight excluding hydrogens is 407 g/mol. The van der Waals surface area contributed by atoms with Crippen LogP contribution in [-0.2, 0) is 6.54 Å². The molecular formula is C22H24Cl2N4O. The highest BCUT2D eigenvalue weighted by Gasteiger charge is 2.22. The van der Waals surface area contributed by atoms with Gasteiger partial charge in [-0.15, -0.1) is 6.42 Å². The van der Waals surface area contributed by atoms with E-state index in [4.69, 9.17) is 34.6 Å². The van der Waals surface area contributed by atoms with E-state index in [1.54, 1.807) is 13.0 Å². The molecule has 3 rings (SSSR count). The lowest BCUT2D eigenvalue weighted by Crippen LogP contribution is -2.46. The number of rotatable bonds is 5. The summed E-state index contributed by atoms with van der Waals surface area (Å²) in [5.74, 6) is 3.00. The number of terminal acetylenes is 1. The molecule has 1 fully saturated rings. The fraction of sp³-hybridized carbons (Fsp3) is 0.364. The van der Waals surface area contributed by atoms with Crippen molar-refractivity contribution in [3.8, 4) is 12.3 Å². The van der Waals surface area contributed by atoms with E-state index in [0.717, 1.165) is 32.7 Å². The number of hydrogen-bond acceptors (Lipinski definition) is 4. The van der Waals surface area contributed by atoms with Crippen LogP contribution in [0, 0.1) is 12.3 Å². The Bertz CT molecular complexity index is 1050. The van der Waals surface area contributed by atoms with Crippen molar-refractivity contribution < 1.29 is 0 Å². The van der Waals surface area contributed by atoms with E-state index >= 15 is 0 Å². The highest BCUT2D eigenvalue weighted by Crippen LogP contribution is 2.27. The molecule has 1 aliphatic rings. The normalized spacial score (nSPS) is 17.3. The molecule has 0 radical (unpaired) electrons. The van der Waals surface area contributed by atoms with Crippen LogP contribution in [0.5, 0.6) is 0 Å². The molecule has 0 atom stereocenters. The van der Waals surface area contributed by atoms with Crippen molar-refractivity contribution in [3.05, 3.63) is 56.6 Å². The van der Waals surface area contributed by atoms with Crippen LogP contribution in [0.4, 0.5) is 0 Å². The van der Waals surface area contributed by atoms with E-state index in [9.17, 15) is 4.79 Å². The Morgan fingerprint density at radius 2 is 1.86 bits per heavy atom. The first-order chi connectivity index (χ1) is 14.0. The van der Waals surface area contributed by atoms with E-state index in [-0.39, 0.29) is 10.6 Å². The number of fused-ring (bicyclic) bond motifs is 1. The summed E-state index contributed by atoms with van der Waals surface area (Å²) in [7, 11) is 0. The van der Waals surface area contributed by atoms with Crippen molar-refractivity contribution in [2.45, 2.75) is 20.4 Å². The Labute approximate surface area is 181 Å². The third kappa shape index (κ3) is 4.73. The molecule has 2 aromatic rings. The molecule has 0 saturated carbocycles. The molecule has 1 aromatic heterocycles. The van der Waals surface area contributed by atoms with Gasteiger partial charge in [-0.3, -0.25) is 14.3 Å². The van der Waals surface area contributed by atoms with Gasteiger partial charge in [-0.1, -0.05) is 48.2 Å². The molecule has 0 spiro atoms. The van der Waals surface area contributed by atoms with E-state index in [1.807, 2.05) is 18.2 Å². The molecule has 0 unspecified atom stereocenters. The quantitative estimate of drug-likeness (QED) is 0.535. The summed E-state index contributed by atoms with van der Waals surface area (Å²) in [6.07, 6.45) is 6.79. The Morgan fingerprint density at radius 1 is 1.21 bits per heavy atom. The first kappa shape index (κ1) is 21.6. The Hall–Kier alpha value is -2.10. The Kier molecular flexibility index (Phi) is 7.15. The van der Waals surface area contributed by atoms with E-state index in [0.29, 0.717) is 34.0 Å². The highest BCUT2D eigenvalue weighted by atomic mass is 35.5. The Balaban J connectivity index is 2.14. The van der Waals surface area contributed by atoms with Gasteiger partial charge >= 0.3 is 0 Å². The smallest absolute Gasteiger partial charge is 0.266 e. The molecule has 0 N–H and O–H groups in total. The van der Waals surface area contributed by atoms with Crippen molar-refractivity contribution in [1.29, 1.82) is 0 Å². The third-order valence-corrected chi connectivity index (χ3v) is 5.58. The zero-order chi connectivity index (χ0) is 21.0. The number of piperazine rings is 1. The van der Waals surface area contributed by atoms with Crippen LogP contribution in [0.2, 0.25) is 0 Å². The average molecular weight is 431 g/mol. The van der Waals surface area contributed by atoms with Gasteiger partial charge in [0.15, 0.2) is 0 Å². The van der Waals surface area contributed by atoms with Crippen molar-refractivity contribution in [2.24, 2.45) is 0 Å². The summed E-state index contributed by atoms with van der Waals surface area (Å²) in [5, 5.41) is 1.11. The predicted octanol–water partition coefficient (Wildman–Crippen LogP) is 3.72. The topological polar surface area (TPSA) is 41.4 Å². The zero-order valence-electron chi connectivity index (χ0n) is 16.7. The number of allylic oxidation sites excluding steroid dienone is 4. The maximum atomic E-state index is 13.4. The molecule has 152 valence electrons. The summed E-state index contributed by atoms with van der Waals surface area (Å²) in [6, 6.07) is 7.29. The number of benzene rings is 1. The van der Waals surface area contributed by atoms with Gasteiger partial charge in [-0.05, 0) is 25.6 Å². The van der Waals surface area contributed by atoms with Crippen molar-refractivity contribution in [3.63, 3.8) is 0 Å². The molecule has 0 aliphatic carbocycles. The minimum Gasteiger partial charge on any atom is -0.301 e. The molecule has 5 nitrogen and oxygen atoms in total. The lowest BCUT2D eigenvalue weighted by Gasteiger charge is -2.34. The van der Waals surface area contributed by atoms with Gasteiger partial charge in [0.2, 0.25) is 0 Å². The average Bonchev–Trinajstić information content (AvgIpc) is 2.71. The van der Waals surface area contributed by atoms with Crippen LogP contribution in [0.25, 0.3) is 16.6 Å². The zero-order valence-corrected chi connectivity index (χ0v) is 18.2. The van der Waals surface area contributed by atoms with Crippen LogP contribution in [0.1, 0.15) is 19.7 Å². The second-order valence-corrected chi connectivity index (χ2v) is 7.91. The number of likely N-dealkylation sites (N-methyl/N-ethyl adjacent to an activating group) is 1. The van der Waals surface area contributed by atoms with Crippen molar-refractivity contribution in [1.82, 2.24) is 19.4 Å². The minimum atomic E-state index is -0.212. The summed E-state index contributed by atoms with van der Waals surface area (Å²) < 4.78 is 1.51. The molecule has 1 saturated heterocycles. The monoisotopic (exact) mass is 430 g/mol. The van der Waals surface area contributed by atoms with Gasteiger partial charge in [-0.25, -0.2) is 4.98 Å². The van der Waals surface area contributed by atoms with Crippen molar-refractivity contribution in [2.75, 3.05) is 32.7 Å². The summed E-state index contributed by atoms with van der Waals surface area (Å²) >= 11 is 12.8. The van der Waals surface area contributed by atoms with Gasteiger partial charge in [0, 0.05) is 37.3 Å². The molecule has 1 aliphatic heterocycles. The molecule has 0 amide bonds. The first-order valence-electron chi connectivity index (χ1n) is 9.60. The fourth-order valence-corrected chi connectivity index (χ4v) is 4.07. The summed E-state index contributed by atoms with van der Waals surface area (Å²) in [6.45, 7) is 9.20. The van der Waals surface area contributed by atoms with Crippen molar-refractivity contribution >= 4 is 39.8 Å². The standard InChI is InChI=1S/C22H24Cl2N4O/c1-4-8-18(24)21(16(3)23)28-20(15-27-13-11-26(5-2)12-14-27)25-19-10-7-6-9-17(19)22(28)29/h1,6-10H,5,11-15H2,2-3H3/b18-8+,21-16-. The van der Waals surface area contributed by atoms with Gasteiger partial charge in [-0.2, -0.15) is 0 Å². The maximum Gasteiger partial charge on any atom is 0.266 e.